The van der Waals surface area contributed by atoms with Crippen molar-refractivity contribution in [1.82, 2.24) is 0 Å². The summed E-state index contributed by atoms with van der Waals surface area (Å²) in [5.74, 6) is 0. The van der Waals surface area contributed by atoms with Gasteiger partial charge in [0.1, 0.15) is 0 Å². The van der Waals surface area contributed by atoms with Gasteiger partial charge in [0, 0.05) is 5.41 Å². The number of allylic oxidation sites excluding steroid dienone is 1. The van der Waals surface area contributed by atoms with Crippen LogP contribution in [0.4, 0.5) is 0 Å². The van der Waals surface area contributed by atoms with Gasteiger partial charge < -0.3 is 5.11 Å². The van der Waals surface area contributed by atoms with Gasteiger partial charge in [-0.05, 0) is 53.0 Å². The third kappa shape index (κ3) is 3.70. The minimum atomic E-state index is -0.657. The highest BCUT2D eigenvalue weighted by Gasteiger charge is 2.52. The molecule has 0 fully saturated rings. The Kier molecular flexibility index (Phi) is 5.60. The van der Waals surface area contributed by atoms with Crippen molar-refractivity contribution in [3.05, 3.63) is 70.8 Å². The maximum Gasteiger partial charge on any atom is 0.0747 e. The van der Waals surface area contributed by atoms with Crippen molar-refractivity contribution in [2.45, 2.75) is 83.7 Å². The predicted octanol–water partition coefficient (Wildman–Crippen LogP) is 7.13. The molecule has 1 aliphatic carbocycles. The van der Waals surface area contributed by atoms with E-state index in [1.165, 1.54) is 27.8 Å². The van der Waals surface area contributed by atoms with Crippen molar-refractivity contribution in [3.8, 4) is 0 Å². The smallest absolute Gasteiger partial charge is 0.0747 e. The van der Waals surface area contributed by atoms with Crippen LogP contribution in [0.15, 0.2) is 48.5 Å². The third-order valence-corrected chi connectivity index (χ3v) is 6.90. The fourth-order valence-corrected chi connectivity index (χ4v) is 4.95. The number of benzene rings is 2. The summed E-state index contributed by atoms with van der Waals surface area (Å²) in [5, 5.41) is 11.7. The highest BCUT2D eigenvalue weighted by atomic mass is 16.3. The van der Waals surface area contributed by atoms with Gasteiger partial charge in [-0.25, -0.2) is 0 Å². The molecular formula is C27H36O. The van der Waals surface area contributed by atoms with Crippen LogP contribution in [-0.4, -0.2) is 10.7 Å². The molecule has 0 aliphatic heterocycles. The van der Waals surface area contributed by atoms with E-state index in [2.05, 4.69) is 96.1 Å². The Morgan fingerprint density at radius 2 is 1.68 bits per heavy atom. The van der Waals surface area contributed by atoms with E-state index in [0.29, 0.717) is 0 Å². The third-order valence-electron chi connectivity index (χ3n) is 6.90. The second-order valence-corrected chi connectivity index (χ2v) is 9.82. The molecule has 1 atom stereocenters. The molecule has 3 rings (SSSR count). The molecule has 0 bridgehead atoms. The summed E-state index contributed by atoms with van der Waals surface area (Å²) < 4.78 is 0. The molecule has 1 N–H and O–H groups in total. The van der Waals surface area contributed by atoms with Crippen LogP contribution >= 0.6 is 0 Å². The van der Waals surface area contributed by atoms with Gasteiger partial charge in [-0.15, -0.1) is 0 Å². The van der Waals surface area contributed by atoms with Crippen LogP contribution < -0.4 is 0 Å². The van der Waals surface area contributed by atoms with Crippen LogP contribution in [0.25, 0.3) is 11.6 Å². The average molecular weight is 377 g/mol. The first-order chi connectivity index (χ1) is 13.1. The summed E-state index contributed by atoms with van der Waals surface area (Å²) in [5.41, 5.74) is 5.51. The van der Waals surface area contributed by atoms with E-state index in [1.54, 1.807) is 0 Å². The van der Waals surface area contributed by atoms with E-state index in [9.17, 15) is 5.11 Å². The summed E-state index contributed by atoms with van der Waals surface area (Å²) in [6.45, 7) is 13.4. The van der Waals surface area contributed by atoms with Crippen LogP contribution in [-0.2, 0) is 10.8 Å². The molecule has 1 unspecified atom stereocenters. The van der Waals surface area contributed by atoms with E-state index < -0.39 is 5.60 Å². The van der Waals surface area contributed by atoms with E-state index in [4.69, 9.17) is 0 Å². The number of hydrogen-bond acceptors (Lipinski definition) is 1. The van der Waals surface area contributed by atoms with E-state index >= 15 is 0 Å². The molecule has 1 aliphatic rings. The highest BCUT2D eigenvalue weighted by molar-refractivity contribution is 5.80. The van der Waals surface area contributed by atoms with Crippen LogP contribution in [0.1, 0.15) is 89.5 Å². The summed E-state index contributed by atoms with van der Waals surface area (Å²) in [4.78, 5) is 0. The van der Waals surface area contributed by atoms with E-state index in [1.807, 2.05) is 0 Å². The fourth-order valence-electron chi connectivity index (χ4n) is 4.95. The number of rotatable bonds is 5. The molecule has 0 radical (unpaired) electrons. The largest absolute Gasteiger partial charge is 0.389 e. The first kappa shape index (κ1) is 20.9. The molecule has 1 nitrogen and oxygen atoms in total. The maximum atomic E-state index is 11.7. The SMILES string of the molecule is CCCCC1(O)CC(C)(C)c2cc(C(C)=Cc3ccccc3)ccc2C1(C)C. The van der Waals surface area contributed by atoms with Crippen molar-refractivity contribution in [1.29, 1.82) is 0 Å². The van der Waals surface area contributed by atoms with Crippen LogP contribution in [0.2, 0.25) is 0 Å². The Morgan fingerprint density at radius 1 is 1.00 bits per heavy atom. The fraction of sp³-hybridized carbons (Fsp3) is 0.481. The normalized spacial score (nSPS) is 23.3. The van der Waals surface area contributed by atoms with Crippen molar-refractivity contribution < 1.29 is 5.11 Å². The Balaban J connectivity index is 2.05. The van der Waals surface area contributed by atoms with Gasteiger partial charge in [-0.1, -0.05) is 102 Å². The van der Waals surface area contributed by atoms with Gasteiger partial charge in [0.2, 0.25) is 0 Å². The van der Waals surface area contributed by atoms with Gasteiger partial charge in [0.05, 0.1) is 5.60 Å². The Bertz CT molecular complexity index is 857. The number of fused-ring (bicyclic) bond motifs is 1. The van der Waals surface area contributed by atoms with Gasteiger partial charge in [-0.2, -0.15) is 0 Å². The standard InChI is InChI=1S/C27H36O/c1-7-8-16-27(28)19-25(3,4)24-18-22(14-15-23(24)26(27,5)6)20(2)17-21-12-10-9-11-13-21/h9-15,17-18,28H,7-8,16,19H2,1-6H3. The molecule has 0 aromatic heterocycles. The quantitative estimate of drug-likeness (QED) is 0.550. The summed E-state index contributed by atoms with van der Waals surface area (Å²) in [7, 11) is 0. The molecular weight excluding hydrogens is 340 g/mol. The monoisotopic (exact) mass is 376 g/mol. The molecule has 2 aromatic carbocycles. The minimum Gasteiger partial charge on any atom is -0.389 e. The van der Waals surface area contributed by atoms with Crippen molar-refractivity contribution in [2.75, 3.05) is 0 Å². The molecule has 28 heavy (non-hydrogen) atoms. The maximum absolute atomic E-state index is 11.7. The second-order valence-electron chi connectivity index (χ2n) is 9.82. The molecule has 0 saturated carbocycles. The molecule has 0 saturated heterocycles. The zero-order valence-corrected chi connectivity index (χ0v) is 18.5. The second kappa shape index (κ2) is 7.52. The molecule has 1 heteroatoms. The van der Waals surface area contributed by atoms with Gasteiger partial charge in [-0.3, -0.25) is 0 Å². The molecule has 0 spiro atoms. The number of unbranched alkanes of at least 4 members (excludes halogenated alkanes) is 1. The summed E-state index contributed by atoms with van der Waals surface area (Å²) in [6.07, 6.45) is 6.12. The Labute approximate surface area is 171 Å². The van der Waals surface area contributed by atoms with Crippen molar-refractivity contribution in [2.24, 2.45) is 0 Å². The predicted molar refractivity (Wildman–Crippen MR) is 122 cm³/mol. The lowest BCUT2D eigenvalue weighted by atomic mass is 9.54. The zero-order valence-electron chi connectivity index (χ0n) is 18.5. The topological polar surface area (TPSA) is 20.2 Å². The van der Waals surface area contributed by atoms with Crippen molar-refractivity contribution in [3.63, 3.8) is 0 Å². The van der Waals surface area contributed by atoms with Crippen molar-refractivity contribution >= 4 is 11.6 Å². The van der Waals surface area contributed by atoms with Gasteiger partial charge >= 0.3 is 0 Å². The highest BCUT2D eigenvalue weighted by Crippen LogP contribution is 2.53. The van der Waals surface area contributed by atoms with Gasteiger partial charge in [0.25, 0.3) is 0 Å². The summed E-state index contributed by atoms with van der Waals surface area (Å²) >= 11 is 0. The van der Waals surface area contributed by atoms with E-state index in [-0.39, 0.29) is 10.8 Å². The Hall–Kier alpha value is -1.86. The van der Waals surface area contributed by atoms with Gasteiger partial charge in [0.15, 0.2) is 0 Å². The lowest BCUT2D eigenvalue weighted by molar-refractivity contribution is -0.0664. The van der Waals surface area contributed by atoms with Crippen LogP contribution in [0, 0.1) is 0 Å². The molecule has 0 heterocycles. The molecule has 2 aromatic rings. The van der Waals surface area contributed by atoms with Crippen LogP contribution in [0.3, 0.4) is 0 Å². The number of aliphatic hydroxyl groups is 1. The lowest BCUT2D eigenvalue weighted by Gasteiger charge is -2.53. The molecule has 0 amide bonds. The molecule has 150 valence electrons. The van der Waals surface area contributed by atoms with E-state index in [0.717, 1.165) is 25.7 Å². The first-order valence-corrected chi connectivity index (χ1v) is 10.7. The minimum absolute atomic E-state index is 0.0453. The Morgan fingerprint density at radius 3 is 2.32 bits per heavy atom. The average Bonchev–Trinajstić information content (AvgIpc) is 2.65. The summed E-state index contributed by atoms with van der Waals surface area (Å²) in [6, 6.07) is 17.4. The van der Waals surface area contributed by atoms with Crippen LogP contribution in [0.5, 0.6) is 0 Å². The first-order valence-electron chi connectivity index (χ1n) is 10.7. The zero-order chi connectivity index (χ0) is 20.6. The number of hydrogen-bond donors (Lipinski definition) is 1. The lowest BCUT2D eigenvalue weighted by Crippen LogP contribution is -2.55.